The van der Waals surface area contributed by atoms with Gasteiger partial charge in [-0.25, -0.2) is 15.0 Å². The monoisotopic (exact) mass is 360 g/mol. The standard InChI is InChI=1S/C21H24N6/c1-2-6-17(7-3-1)10-15-27-14-5-4-8-19(27)18-9-11-24-21(25-18)26-20-16-22-12-13-23-20/h1-3,6-7,9,11-13,16,19H,4-5,8,10,14-15H2,(H,23,24,25,26). The van der Waals surface area contributed by atoms with E-state index in [4.69, 9.17) is 4.98 Å². The second kappa shape index (κ2) is 8.68. The largest absolute Gasteiger partial charge is 0.307 e. The maximum atomic E-state index is 4.77. The normalized spacial score (nSPS) is 17.6. The van der Waals surface area contributed by atoms with E-state index in [0.29, 0.717) is 17.8 Å². The highest BCUT2D eigenvalue weighted by Gasteiger charge is 2.25. The quantitative estimate of drug-likeness (QED) is 0.722. The Balaban J connectivity index is 1.47. The molecule has 0 spiro atoms. The summed E-state index contributed by atoms with van der Waals surface area (Å²) in [5, 5.41) is 3.14. The zero-order chi connectivity index (χ0) is 18.3. The average molecular weight is 360 g/mol. The van der Waals surface area contributed by atoms with Crippen molar-refractivity contribution in [3.63, 3.8) is 0 Å². The number of hydrogen-bond donors (Lipinski definition) is 1. The van der Waals surface area contributed by atoms with E-state index in [9.17, 15) is 0 Å². The van der Waals surface area contributed by atoms with Crippen LogP contribution in [-0.2, 0) is 6.42 Å². The van der Waals surface area contributed by atoms with Crippen molar-refractivity contribution < 1.29 is 0 Å². The predicted molar refractivity (Wildman–Crippen MR) is 106 cm³/mol. The van der Waals surface area contributed by atoms with Crippen LogP contribution >= 0.6 is 0 Å². The zero-order valence-corrected chi connectivity index (χ0v) is 15.3. The molecule has 1 fully saturated rings. The summed E-state index contributed by atoms with van der Waals surface area (Å²) in [6.07, 6.45) is 11.5. The summed E-state index contributed by atoms with van der Waals surface area (Å²) in [6.45, 7) is 2.17. The minimum atomic E-state index is 0.341. The maximum Gasteiger partial charge on any atom is 0.228 e. The number of nitrogens with zero attached hydrogens (tertiary/aromatic N) is 5. The van der Waals surface area contributed by atoms with Crippen molar-refractivity contribution in [1.29, 1.82) is 0 Å². The van der Waals surface area contributed by atoms with Crippen molar-refractivity contribution in [1.82, 2.24) is 24.8 Å². The summed E-state index contributed by atoms with van der Waals surface area (Å²) < 4.78 is 0. The van der Waals surface area contributed by atoms with Gasteiger partial charge in [0, 0.05) is 25.1 Å². The van der Waals surface area contributed by atoms with Gasteiger partial charge in [0.15, 0.2) is 5.82 Å². The Hall–Kier alpha value is -2.86. The third-order valence-electron chi connectivity index (χ3n) is 4.97. The molecule has 27 heavy (non-hydrogen) atoms. The molecule has 2 aromatic heterocycles. The van der Waals surface area contributed by atoms with Crippen LogP contribution in [0, 0.1) is 0 Å². The van der Waals surface area contributed by atoms with Gasteiger partial charge in [-0.05, 0) is 37.4 Å². The van der Waals surface area contributed by atoms with Gasteiger partial charge in [-0.1, -0.05) is 36.8 Å². The van der Waals surface area contributed by atoms with E-state index in [1.54, 1.807) is 18.6 Å². The summed E-state index contributed by atoms with van der Waals surface area (Å²) in [5.74, 6) is 1.22. The Labute approximate surface area is 159 Å². The fourth-order valence-corrected chi connectivity index (χ4v) is 3.61. The van der Waals surface area contributed by atoms with Crippen molar-refractivity contribution in [2.45, 2.75) is 31.7 Å². The van der Waals surface area contributed by atoms with Gasteiger partial charge in [-0.3, -0.25) is 9.88 Å². The van der Waals surface area contributed by atoms with Crippen molar-refractivity contribution >= 4 is 11.8 Å². The molecule has 1 aliphatic rings. The molecule has 1 unspecified atom stereocenters. The van der Waals surface area contributed by atoms with Crippen LogP contribution in [0.2, 0.25) is 0 Å². The first kappa shape index (κ1) is 17.5. The third kappa shape index (κ3) is 4.65. The number of hydrogen-bond acceptors (Lipinski definition) is 6. The lowest BCUT2D eigenvalue weighted by Crippen LogP contribution is -2.35. The first-order valence-corrected chi connectivity index (χ1v) is 9.52. The van der Waals surface area contributed by atoms with Gasteiger partial charge in [0.05, 0.1) is 17.9 Å². The van der Waals surface area contributed by atoms with E-state index < -0.39 is 0 Å². The smallest absolute Gasteiger partial charge is 0.228 e. The van der Waals surface area contributed by atoms with Crippen LogP contribution in [-0.4, -0.2) is 37.9 Å². The minimum Gasteiger partial charge on any atom is -0.307 e. The lowest BCUT2D eigenvalue weighted by atomic mass is 9.98. The zero-order valence-electron chi connectivity index (χ0n) is 15.3. The lowest BCUT2D eigenvalue weighted by Gasteiger charge is -2.35. The van der Waals surface area contributed by atoms with Gasteiger partial charge in [-0.2, -0.15) is 0 Å². The van der Waals surface area contributed by atoms with Gasteiger partial charge in [0.1, 0.15) is 0 Å². The molecule has 3 aromatic rings. The highest BCUT2D eigenvalue weighted by Crippen LogP contribution is 2.30. The number of likely N-dealkylation sites (tertiary alicyclic amines) is 1. The number of rotatable bonds is 6. The Morgan fingerprint density at radius 3 is 2.78 bits per heavy atom. The van der Waals surface area contributed by atoms with Gasteiger partial charge in [-0.15, -0.1) is 0 Å². The molecule has 0 aliphatic carbocycles. The fourth-order valence-electron chi connectivity index (χ4n) is 3.61. The van der Waals surface area contributed by atoms with Crippen molar-refractivity contribution in [3.8, 4) is 0 Å². The molecule has 138 valence electrons. The van der Waals surface area contributed by atoms with E-state index in [1.807, 2.05) is 12.3 Å². The second-order valence-corrected chi connectivity index (χ2v) is 6.80. The molecule has 1 N–H and O–H groups in total. The first-order chi connectivity index (χ1) is 13.4. The van der Waals surface area contributed by atoms with Crippen LogP contribution in [0.5, 0.6) is 0 Å². The molecular weight excluding hydrogens is 336 g/mol. The number of benzene rings is 1. The van der Waals surface area contributed by atoms with Crippen LogP contribution in [0.4, 0.5) is 11.8 Å². The van der Waals surface area contributed by atoms with Gasteiger partial charge in [0.2, 0.25) is 5.95 Å². The topological polar surface area (TPSA) is 66.8 Å². The maximum absolute atomic E-state index is 4.77. The molecule has 6 nitrogen and oxygen atoms in total. The van der Waals surface area contributed by atoms with E-state index in [2.05, 4.69) is 55.5 Å². The van der Waals surface area contributed by atoms with Crippen molar-refractivity contribution in [3.05, 3.63) is 72.4 Å². The highest BCUT2D eigenvalue weighted by molar-refractivity contribution is 5.45. The second-order valence-electron chi connectivity index (χ2n) is 6.80. The van der Waals surface area contributed by atoms with E-state index in [0.717, 1.165) is 31.6 Å². The Morgan fingerprint density at radius 1 is 1.00 bits per heavy atom. The Kier molecular flexibility index (Phi) is 5.64. The van der Waals surface area contributed by atoms with Crippen LogP contribution in [0.25, 0.3) is 0 Å². The summed E-state index contributed by atoms with van der Waals surface area (Å²) in [7, 11) is 0. The molecule has 1 aliphatic heterocycles. The van der Waals surface area contributed by atoms with Crippen LogP contribution < -0.4 is 5.32 Å². The predicted octanol–water partition coefficient (Wildman–Crippen LogP) is 3.78. The van der Waals surface area contributed by atoms with Crippen molar-refractivity contribution in [2.75, 3.05) is 18.4 Å². The summed E-state index contributed by atoms with van der Waals surface area (Å²) in [5.41, 5.74) is 2.46. The van der Waals surface area contributed by atoms with E-state index >= 15 is 0 Å². The van der Waals surface area contributed by atoms with Crippen LogP contribution in [0.15, 0.2) is 61.2 Å². The number of aromatic nitrogens is 4. The first-order valence-electron chi connectivity index (χ1n) is 9.52. The molecule has 1 aromatic carbocycles. The molecule has 6 heteroatoms. The van der Waals surface area contributed by atoms with E-state index in [1.165, 1.54) is 18.4 Å². The Bertz CT molecular complexity index is 840. The number of anilines is 2. The summed E-state index contributed by atoms with van der Waals surface area (Å²) >= 11 is 0. The molecule has 4 rings (SSSR count). The van der Waals surface area contributed by atoms with Gasteiger partial charge >= 0.3 is 0 Å². The molecule has 0 radical (unpaired) electrons. The van der Waals surface area contributed by atoms with Gasteiger partial charge < -0.3 is 5.32 Å². The minimum absolute atomic E-state index is 0.341. The molecule has 3 heterocycles. The molecule has 1 atom stereocenters. The van der Waals surface area contributed by atoms with Crippen molar-refractivity contribution in [2.24, 2.45) is 0 Å². The molecule has 0 saturated carbocycles. The molecule has 1 saturated heterocycles. The lowest BCUT2D eigenvalue weighted by molar-refractivity contribution is 0.147. The molecular formula is C21H24N6. The molecule has 0 amide bonds. The average Bonchev–Trinajstić information content (AvgIpc) is 2.74. The SMILES string of the molecule is c1ccc(CCN2CCCCC2c2ccnc(Nc3cnccn3)n2)cc1. The highest BCUT2D eigenvalue weighted by atomic mass is 15.2. The molecule has 0 bridgehead atoms. The summed E-state index contributed by atoms with van der Waals surface area (Å²) in [4.78, 5) is 20.0. The van der Waals surface area contributed by atoms with Gasteiger partial charge in [0.25, 0.3) is 0 Å². The fraction of sp³-hybridized carbons (Fsp3) is 0.333. The number of nitrogens with one attached hydrogen (secondary N) is 1. The Morgan fingerprint density at radius 2 is 1.93 bits per heavy atom. The summed E-state index contributed by atoms with van der Waals surface area (Å²) in [6, 6.07) is 13.1. The van der Waals surface area contributed by atoms with E-state index in [-0.39, 0.29) is 0 Å². The van der Waals surface area contributed by atoms with Crippen LogP contribution in [0.1, 0.15) is 36.6 Å². The number of piperidine rings is 1. The van der Waals surface area contributed by atoms with Crippen LogP contribution in [0.3, 0.4) is 0 Å². The third-order valence-corrected chi connectivity index (χ3v) is 4.97.